The van der Waals surface area contributed by atoms with Crippen molar-refractivity contribution in [3.8, 4) is 5.75 Å². The smallest absolute Gasteiger partial charge is 0.387 e. The van der Waals surface area contributed by atoms with Gasteiger partial charge in [0.25, 0.3) is 5.91 Å². The molecule has 1 aromatic carbocycles. The number of thiophene rings is 1. The van der Waals surface area contributed by atoms with Crippen molar-refractivity contribution in [2.45, 2.75) is 13.2 Å². The van der Waals surface area contributed by atoms with E-state index in [1.165, 1.54) is 35.6 Å². The normalized spacial score (nSPS) is 10.6. The topological polar surface area (TPSA) is 38.3 Å². The largest absolute Gasteiger partial charge is 0.435 e. The molecule has 0 atom stereocenters. The van der Waals surface area contributed by atoms with Crippen molar-refractivity contribution in [2.24, 2.45) is 0 Å². The minimum atomic E-state index is -2.87. The van der Waals surface area contributed by atoms with Gasteiger partial charge in [-0.2, -0.15) is 8.78 Å². The summed E-state index contributed by atoms with van der Waals surface area (Å²) >= 11 is 4.91. The molecule has 1 heterocycles. The Labute approximate surface area is 126 Å². The molecule has 0 fully saturated rings. The molecule has 1 N–H and O–H groups in total. The minimum Gasteiger partial charge on any atom is -0.435 e. The van der Waals surface area contributed by atoms with Crippen LogP contribution in [0.3, 0.4) is 0 Å². The highest BCUT2D eigenvalue weighted by molar-refractivity contribution is 9.10. The summed E-state index contributed by atoms with van der Waals surface area (Å²) in [6.07, 6.45) is 0. The van der Waals surface area contributed by atoms with Gasteiger partial charge in [0.1, 0.15) is 5.75 Å². The van der Waals surface area contributed by atoms with Crippen LogP contribution in [0.5, 0.6) is 5.75 Å². The number of alkyl halides is 2. The number of carbonyl (C=O) groups excluding carboxylic acids is 1. The van der Waals surface area contributed by atoms with Crippen LogP contribution in [0, 0.1) is 0 Å². The highest BCUT2D eigenvalue weighted by atomic mass is 79.9. The standard InChI is InChI=1S/C13H10BrF2NO2S/c14-10-5-6-20-11(10)7-17-12(18)8-1-3-9(4-2-8)19-13(15)16/h1-6,13H,7H2,(H,17,18). The summed E-state index contributed by atoms with van der Waals surface area (Å²) in [6.45, 7) is -2.46. The highest BCUT2D eigenvalue weighted by Crippen LogP contribution is 2.22. The molecule has 20 heavy (non-hydrogen) atoms. The zero-order valence-electron chi connectivity index (χ0n) is 10.1. The van der Waals surface area contributed by atoms with Gasteiger partial charge in [-0.1, -0.05) is 0 Å². The Morgan fingerprint density at radius 1 is 1.30 bits per heavy atom. The van der Waals surface area contributed by atoms with Crippen LogP contribution in [0.1, 0.15) is 15.2 Å². The van der Waals surface area contributed by atoms with Crippen molar-refractivity contribution in [2.75, 3.05) is 0 Å². The Morgan fingerprint density at radius 3 is 2.55 bits per heavy atom. The van der Waals surface area contributed by atoms with E-state index in [0.717, 1.165) is 9.35 Å². The molecule has 0 saturated carbocycles. The monoisotopic (exact) mass is 361 g/mol. The van der Waals surface area contributed by atoms with Crippen LogP contribution in [0.15, 0.2) is 40.2 Å². The Bertz CT molecular complexity index is 586. The Balaban J connectivity index is 1.94. The van der Waals surface area contributed by atoms with Crippen LogP contribution in [0.4, 0.5) is 8.78 Å². The second-order valence-corrected chi connectivity index (χ2v) is 5.63. The molecular formula is C13H10BrF2NO2S. The van der Waals surface area contributed by atoms with Gasteiger partial charge < -0.3 is 10.1 Å². The predicted octanol–water partition coefficient (Wildman–Crippen LogP) is 4.04. The van der Waals surface area contributed by atoms with Gasteiger partial charge in [-0.15, -0.1) is 11.3 Å². The summed E-state index contributed by atoms with van der Waals surface area (Å²) < 4.78 is 29.1. The first kappa shape index (κ1) is 14.9. The summed E-state index contributed by atoms with van der Waals surface area (Å²) in [7, 11) is 0. The fourth-order valence-electron chi connectivity index (χ4n) is 1.50. The molecular weight excluding hydrogens is 352 g/mol. The molecule has 0 bridgehead atoms. The SMILES string of the molecule is O=C(NCc1sccc1Br)c1ccc(OC(F)F)cc1. The number of ether oxygens (including phenoxy) is 1. The molecule has 1 aromatic heterocycles. The molecule has 0 aliphatic carbocycles. The third-order valence-corrected chi connectivity index (χ3v) is 4.37. The summed E-state index contributed by atoms with van der Waals surface area (Å²) in [6, 6.07) is 7.46. The van der Waals surface area contributed by atoms with E-state index in [2.05, 4.69) is 26.0 Å². The lowest BCUT2D eigenvalue weighted by atomic mass is 10.2. The average molecular weight is 362 g/mol. The van der Waals surface area contributed by atoms with E-state index in [0.29, 0.717) is 12.1 Å². The van der Waals surface area contributed by atoms with Crippen LogP contribution in [0.25, 0.3) is 0 Å². The van der Waals surface area contributed by atoms with Crippen molar-refractivity contribution >= 4 is 33.2 Å². The van der Waals surface area contributed by atoms with Crippen LogP contribution in [0.2, 0.25) is 0 Å². The van der Waals surface area contributed by atoms with Crippen molar-refractivity contribution < 1.29 is 18.3 Å². The molecule has 0 spiro atoms. The second-order valence-electron chi connectivity index (χ2n) is 3.78. The number of hydrogen-bond acceptors (Lipinski definition) is 3. The van der Waals surface area contributed by atoms with Gasteiger partial charge in [0.2, 0.25) is 0 Å². The van der Waals surface area contributed by atoms with Crippen molar-refractivity contribution in [1.29, 1.82) is 0 Å². The highest BCUT2D eigenvalue weighted by Gasteiger charge is 2.09. The van der Waals surface area contributed by atoms with Gasteiger partial charge in [0, 0.05) is 14.9 Å². The van der Waals surface area contributed by atoms with Crippen LogP contribution in [-0.2, 0) is 6.54 Å². The van der Waals surface area contributed by atoms with E-state index in [1.807, 2.05) is 11.4 Å². The maximum Gasteiger partial charge on any atom is 0.387 e. The molecule has 0 aliphatic rings. The lowest BCUT2D eigenvalue weighted by molar-refractivity contribution is -0.0498. The average Bonchev–Trinajstić information content (AvgIpc) is 2.82. The lowest BCUT2D eigenvalue weighted by Crippen LogP contribution is -2.22. The van der Waals surface area contributed by atoms with Crippen LogP contribution < -0.4 is 10.1 Å². The zero-order valence-corrected chi connectivity index (χ0v) is 12.5. The molecule has 1 amide bonds. The first-order chi connectivity index (χ1) is 9.56. The molecule has 3 nitrogen and oxygen atoms in total. The third kappa shape index (κ3) is 4.01. The molecule has 0 saturated heterocycles. The maximum absolute atomic E-state index is 12.0. The molecule has 106 valence electrons. The lowest BCUT2D eigenvalue weighted by Gasteiger charge is -2.06. The van der Waals surface area contributed by atoms with Gasteiger partial charge in [-0.25, -0.2) is 0 Å². The van der Waals surface area contributed by atoms with E-state index in [9.17, 15) is 13.6 Å². The first-order valence-electron chi connectivity index (χ1n) is 5.61. The van der Waals surface area contributed by atoms with E-state index in [4.69, 9.17) is 0 Å². The molecule has 7 heteroatoms. The molecule has 2 rings (SSSR count). The second kappa shape index (κ2) is 6.81. The molecule has 0 radical (unpaired) electrons. The number of halogens is 3. The van der Waals surface area contributed by atoms with Crippen molar-refractivity contribution in [3.63, 3.8) is 0 Å². The number of benzene rings is 1. The number of amides is 1. The van der Waals surface area contributed by atoms with E-state index in [-0.39, 0.29) is 11.7 Å². The van der Waals surface area contributed by atoms with E-state index < -0.39 is 6.61 Å². The fourth-order valence-corrected chi connectivity index (χ4v) is 2.93. The minimum absolute atomic E-state index is 0.0255. The van der Waals surface area contributed by atoms with E-state index >= 15 is 0 Å². The third-order valence-electron chi connectivity index (χ3n) is 2.44. The van der Waals surface area contributed by atoms with Crippen LogP contribution >= 0.6 is 27.3 Å². The summed E-state index contributed by atoms with van der Waals surface area (Å²) in [5.41, 5.74) is 0.388. The number of nitrogens with one attached hydrogen (secondary N) is 1. The zero-order chi connectivity index (χ0) is 14.5. The van der Waals surface area contributed by atoms with Crippen LogP contribution in [-0.4, -0.2) is 12.5 Å². The molecule has 0 aliphatic heterocycles. The molecule has 2 aromatic rings. The van der Waals surface area contributed by atoms with E-state index in [1.54, 1.807) is 0 Å². The number of carbonyl (C=O) groups is 1. The Morgan fingerprint density at radius 2 is 2.00 bits per heavy atom. The summed E-state index contributed by atoms with van der Waals surface area (Å²) in [4.78, 5) is 12.9. The fraction of sp³-hybridized carbons (Fsp3) is 0.154. The van der Waals surface area contributed by atoms with Gasteiger partial charge in [-0.05, 0) is 51.6 Å². The molecule has 0 unspecified atom stereocenters. The van der Waals surface area contributed by atoms with Gasteiger partial charge in [0.15, 0.2) is 0 Å². The Hall–Kier alpha value is -1.47. The van der Waals surface area contributed by atoms with Crippen molar-refractivity contribution in [1.82, 2.24) is 5.32 Å². The van der Waals surface area contributed by atoms with Gasteiger partial charge in [0.05, 0.1) is 6.54 Å². The van der Waals surface area contributed by atoms with Gasteiger partial charge >= 0.3 is 6.61 Å². The van der Waals surface area contributed by atoms with Crippen molar-refractivity contribution in [3.05, 3.63) is 50.6 Å². The summed E-state index contributed by atoms with van der Waals surface area (Å²) in [5, 5.41) is 4.67. The van der Waals surface area contributed by atoms with Gasteiger partial charge in [-0.3, -0.25) is 4.79 Å². The first-order valence-corrected chi connectivity index (χ1v) is 7.28. The quantitative estimate of drug-likeness (QED) is 0.872. The summed E-state index contributed by atoms with van der Waals surface area (Å²) in [5.74, 6) is -0.244. The number of rotatable bonds is 5. The Kier molecular flexibility index (Phi) is 5.08. The predicted molar refractivity (Wildman–Crippen MR) is 76.3 cm³/mol. The maximum atomic E-state index is 12.0. The number of hydrogen-bond donors (Lipinski definition) is 1.